The summed E-state index contributed by atoms with van der Waals surface area (Å²) < 4.78 is 7.98. The summed E-state index contributed by atoms with van der Waals surface area (Å²) in [6.45, 7) is 4.09. The number of nitrogens with zero attached hydrogens (tertiary/aromatic N) is 4. The fourth-order valence-corrected chi connectivity index (χ4v) is 3.93. The minimum atomic E-state index is -0.286. The first-order valence-electron chi connectivity index (χ1n) is 9.40. The third-order valence-corrected chi connectivity index (χ3v) is 5.93. The first-order valence-corrected chi connectivity index (χ1v) is 10.2. The highest BCUT2D eigenvalue weighted by atomic mass is 79.9. The number of aliphatic imine (C=N–C) groups is 1. The maximum atomic E-state index is 11.8. The maximum Gasteiger partial charge on any atom is 0.305 e. The molecule has 0 radical (unpaired) electrons. The zero-order valence-corrected chi connectivity index (χ0v) is 18.1. The molecular weight excluding hydrogens is 432 g/mol. The van der Waals surface area contributed by atoms with Gasteiger partial charge in [-0.05, 0) is 50.1 Å². The highest BCUT2D eigenvalue weighted by molar-refractivity contribution is 9.10. The van der Waals surface area contributed by atoms with E-state index >= 15 is 0 Å². The number of aryl methyl sites for hydroxylation is 2. The van der Waals surface area contributed by atoms with Crippen molar-refractivity contribution in [3.63, 3.8) is 0 Å². The first kappa shape index (κ1) is 19.5. The molecule has 148 valence electrons. The van der Waals surface area contributed by atoms with Gasteiger partial charge in [-0.1, -0.05) is 22.0 Å². The summed E-state index contributed by atoms with van der Waals surface area (Å²) >= 11 is 3.66. The van der Waals surface area contributed by atoms with E-state index in [1.54, 1.807) is 6.20 Å². The van der Waals surface area contributed by atoms with Gasteiger partial charge in [0.15, 0.2) is 0 Å². The van der Waals surface area contributed by atoms with Crippen LogP contribution in [0.4, 0.5) is 0 Å². The molecule has 1 aliphatic rings. The van der Waals surface area contributed by atoms with Crippen LogP contribution in [0, 0.1) is 13.8 Å². The number of hydrogen-bond acceptors (Lipinski definition) is 5. The molecule has 0 unspecified atom stereocenters. The number of benzene rings is 1. The van der Waals surface area contributed by atoms with E-state index in [4.69, 9.17) is 9.73 Å². The van der Waals surface area contributed by atoms with E-state index in [1.807, 2.05) is 31.3 Å². The van der Waals surface area contributed by atoms with Crippen molar-refractivity contribution in [2.45, 2.75) is 32.7 Å². The lowest BCUT2D eigenvalue weighted by atomic mass is 10.0. The lowest BCUT2D eigenvalue weighted by Gasteiger charge is -2.15. The van der Waals surface area contributed by atoms with Crippen molar-refractivity contribution in [3.05, 3.63) is 75.5 Å². The standard InChI is InChI=1S/C22H21BrN4O2/c1-13-10-19-15(11-16(13)23)21(17-6-4-5-9-24-17)26-18(7-8-20(28)29-3)22-25-12-14(2)27(19)22/h4-6,9-12,18H,7-8H2,1-3H3/t18-/m0/s1. The molecule has 0 N–H and O–H groups in total. The number of halogens is 1. The minimum Gasteiger partial charge on any atom is -0.469 e. The van der Waals surface area contributed by atoms with Crippen molar-refractivity contribution in [2.24, 2.45) is 4.99 Å². The van der Waals surface area contributed by atoms with Crippen LogP contribution in [-0.2, 0) is 9.53 Å². The van der Waals surface area contributed by atoms with Crippen molar-refractivity contribution in [1.29, 1.82) is 0 Å². The van der Waals surface area contributed by atoms with Crippen molar-refractivity contribution in [3.8, 4) is 5.69 Å². The molecule has 0 spiro atoms. The molecule has 1 aromatic carbocycles. The molecule has 1 aliphatic heterocycles. The molecule has 29 heavy (non-hydrogen) atoms. The van der Waals surface area contributed by atoms with Crippen molar-refractivity contribution >= 4 is 27.6 Å². The Kier molecular flexibility index (Phi) is 5.32. The first-order chi connectivity index (χ1) is 14.0. The molecular formula is C22H21BrN4O2. The SMILES string of the molecule is COC(=O)CC[C@@H]1N=C(c2ccccn2)c2cc(Br)c(C)cc2-n2c(C)cnc21. The van der Waals surface area contributed by atoms with E-state index in [1.165, 1.54) is 7.11 Å². The second kappa shape index (κ2) is 7.91. The predicted molar refractivity (Wildman–Crippen MR) is 115 cm³/mol. The number of carbonyl (C=O) groups is 1. The summed E-state index contributed by atoms with van der Waals surface area (Å²) in [5.74, 6) is 0.565. The largest absolute Gasteiger partial charge is 0.469 e. The third-order valence-electron chi connectivity index (χ3n) is 5.08. The van der Waals surface area contributed by atoms with Crippen LogP contribution in [0.15, 0.2) is 52.2 Å². The maximum absolute atomic E-state index is 11.8. The number of hydrogen-bond donors (Lipinski definition) is 0. The molecule has 2 aromatic heterocycles. The molecule has 4 rings (SSSR count). The minimum absolute atomic E-state index is 0.255. The summed E-state index contributed by atoms with van der Waals surface area (Å²) in [7, 11) is 1.40. The Morgan fingerprint density at radius 2 is 2.07 bits per heavy atom. The zero-order chi connectivity index (χ0) is 20.5. The van der Waals surface area contributed by atoms with Gasteiger partial charge >= 0.3 is 5.97 Å². The number of esters is 1. The van der Waals surface area contributed by atoms with Crippen molar-refractivity contribution in [2.75, 3.05) is 7.11 Å². The van der Waals surface area contributed by atoms with Gasteiger partial charge in [0.05, 0.1) is 24.2 Å². The van der Waals surface area contributed by atoms with Crippen LogP contribution in [0.25, 0.3) is 5.69 Å². The molecule has 1 atom stereocenters. The Balaban J connectivity index is 1.96. The summed E-state index contributed by atoms with van der Waals surface area (Å²) in [5.41, 5.74) is 5.71. The average Bonchev–Trinajstić information content (AvgIpc) is 3.05. The fourth-order valence-electron chi connectivity index (χ4n) is 3.59. The topological polar surface area (TPSA) is 69.4 Å². The van der Waals surface area contributed by atoms with Gasteiger partial charge in [-0.2, -0.15) is 0 Å². The number of rotatable bonds is 4. The Morgan fingerprint density at radius 1 is 1.24 bits per heavy atom. The molecule has 3 aromatic rings. The second-order valence-electron chi connectivity index (χ2n) is 7.04. The van der Waals surface area contributed by atoms with Crippen molar-refractivity contribution in [1.82, 2.24) is 14.5 Å². The van der Waals surface area contributed by atoms with Crippen LogP contribution < -0.4 is 0 Å². The fraction of sp³-hybridized carbons (Fsp3) is 0.273. The number of imidazole rings is 1. The number of methoxy groups -OCH3 is 1. The number of fused-ring (bicyclic) bond motifs is 3. The molecule has 0 saturated carbocycles. The quantitative estimate of drug-likeness (QED) is 0.546. The highest BCUT2D eigenvalue weighted by Gasteiger charge is 2.28. The van der Waals surface area contributed by atoms with Gasteiger partial charge in [-0.3, -0.25) is 19.3 Å². The molecule has 0 aliphatic carbocycles. The van der Waals surface area contributed by atoms with E-state index in [9.17, 15) is 4.79 Å². The predicted octanol–water partition coefficient (Wildman–Crippen LogP) is 4.49. The average molecular weight is 453 g/mol. The van der Waals surface area contributed by atoms with Crippen LogP contribution in [-0.4, -0.2) is 33.3 Å². The molecule has 0 saturated heterocycles. The lowest BCUT2D eigenvalue weighted by Crippen LogP contribution is -2.10. The van der Waals surface area contributed by atoms with Crippen LogP contribution in [0.2, 0.25) is 0 Å². The van der Waals surface area contributed by atoms with Crippen LogP contribution in [0.5, 0.6) is 0 Å². The smallest absolute Gasteiger partial charge is 0.305 e. The Labute approximate surface area is 177 Å². The Hall–Kier alpha value is -2.80. The van der Waals surface area contributed by atoms with Crippen LogP contribution in [0.1, 0.15) is 47.2 Å². The van der Waals surface area contributed by atoms with Crippen LogP contribution in [0.3, 0.4) is 0 Å². The summed E-state index contributed by atoms with van der Waals surface area (Å²) in [4.78, 5) is 26.1. The third kappa shape index (κ3) is 3.62. The molecule has 3 heterocycles. The van der Waals surface area contributed by atoms with Gasteiger partial charge < -0.3 is 4.74 Å². The van der Waals surface area contributed by atoms with E-state index < -0.39 is 0 Å². The van der Waals surface area contributed by atoms with Gasteiger partial charge in [-0.15, -0.1) is 0 Å². The summed E-state index contributed by atoms with van der Waals surface area (Å²) in [6.07, 6.45) is 4.39. The molecule has 6 nitrogen and oxygen atoms in total. The summed E-state index contributed by atoms with van der Waals surface area (Å²) in [5, 5.41) is 0. The molecule has 7 heteroatoms. The summed E-state index contributed by atoms with van der Waals surface area (Å²) in [6, 6.07) is 9.73. The van der Waals surface area contributed by atoms with E-state index in [-0.39, 0.29) is 18.4 Å². The van der Waals surface area contributed by atoms with Crippen molar-refractivity contribution < 1.29 is 9.53 Å². The zero-order valence-electron chi connectivity index (χ0n) is 16.5. The number of ether oxygens (including phenoxy) is 1. The molecule has 0 bridgehead atoms. The van der Waals surface area contributed by atoms with E-state index in [2.05, 4.69) is 49.5 Å². The van der Waals surface area contributed by atoms with E-state index in [0.717, 1.165) is 44.2 Å². The molecule has 0 amide bonds. The van der Waals surface area contributed by atoms with Gasteiger partial charge in [-0.25, -0.2) is 4.98 Å². The van der Waals surface area contributed by atoms with Gasteiger partial charge in [0.2, 0.25) is 0 Å². The van der Waals surface area contributed by atoms with Gasteiger partial charge in [0.25, 0.3) is 0 Å². The highest BCUT2D eigenvalue weighted by Crippen LogP contribution is 2.35. The Morgan fingerprint density at radius 3 is 2.79 bits per heavy atom. The lowest BCUT2D eigenvalue weighted by molar-refractivity contribution is -0.140. The van der Waals surface area contributed by atoms with Gasteiger partial charge in [0.1, 0.15) is 11.9 Å². The second-order valence-corrected chi connectivity index (χ2v) is 7.89. The monoisotopic (exact) mass is 452 g/mol. The molecule has 0 fully saturated rings. The van der Waals surface area contributed by atoms with Crippen LogP contribution >= 0.6 is 15.9 Å². The Bertz CT molecular complexity index is 1110. The van der Waals surface area contributed by atoms with E-state index in [0.29, 0.717) is 6.42 Å². The normalized spacial score (nSPS) is 15.2. The number of aromatic nitrogens is 3. The number of carbonyl (C=O) groups excluding carboxylic acids is 1. The number of pyridine rings is 1. The van der Waals surface area contributed by atoms with Gasteiger partial charge in [0, 0.05) is 34.5 Å².